The molecule has 4 rings (SSSR count). The third-order valence-electron chi connectivity index (χ3n) is 6.87. The number of aromatic hydroxyl groups is 1. The van der Waals surface area contributed by atoms with Crippen molar-refractivity contribution < 1.29 is 19.0 Å². The zero-order valence-corrected chi connectivity index (χ0v) is 21.5. The fraction of sp³-hybridized carbons (Fsp3) is 0.400. The van der Waals surface area contributed by atoms with Gasteiger partial charge in [0.05, 0.1) is 7.11 Å². The van der Waals surface area contributed by atoms with Gasteiger partial charge in [-0.25, -0.2) is 4.39 Å². The molecule has 0 saturated heterocycles. The van der Waals surface area contributed by atoms with Gasteiger partial charge in [0, 0.05) is 24.8 Å². The average Bonchev–Trinajstić information content (AvgIpc) is 2.87. The van der Waals surface area contributed by atoms with Crippen LogP contribution in [-0.2, 0) is 19.3 Å². The number of ether oxygens (including phenoxy) is 2. The molecule has 0 amide bonds. The Labute approximate surface area is 213 Å². The summed E-state index contributed by atoms with van der Waals surface area (Å²) in [7, 11) is 5.61. The van der Waals surface area contributed by atoms with Crippen LogP contribution in [0.25, 0.3) is 0 Å². The molecule has 1 aliphatic carbocycles. The van der Waals surface area contributed by atoms with E-state index in [-0.39, 0.29) is 5.82 Å². The van der Waals surface area contributed by atoms with E-state index in [4.69, 9.17) is 9.47 Å². The van der Waals surface area contributed by atoms with Crippen molar-refractivity contribution in [2.24, 2.45) is 0 Å². The van der Waals surface area contributed by atoms with E-state index >= 15 is 0 Å². The van der Waals surface area contributed by atoms with Gasteiger partial charge in [-0.05, 0) is 105 Å². The molecule has 5 nitrogen and oxygen atoms in total. The predicted molar refractivity (Wildman–Crippen MR) is 143 cm³/mol. The molecule has 0 unspecified atom stereocenters. The number of aryl methyl sites for hydroxylation is 2. The summed E-state index contributed by atoms with van der Waals surface area (Å²) in [6.45, 7) is 1.99. The molecule has 0 radical (unpaired) electrons. The molecule has 3 aromatic carbocycles. The van der Waals surface area contributed by atoms with E-state index in [2.05, 4.69) is 17.4 Å². The van der Waals surface area contributed by atoms with Gasteiger partial charge in [0.1, 0.15) is 18.1 Å². The number of phenols is 1. The predicted octanol–water partition coefficient (Wildman–Crippen LogP) is 5.80. The molecule has 36 heavy (non-hydrogen) atoms. The highest BCUT2D eigenvalue weighted by Crippen LogP contribution is 2.38. The van der Waals surface area contributed by atoms with E-state index in [9.17, 15) is 9.50 Å². The van der Waals surface area contributed by atoms with Crippen molar-refractivity contribution in [2.75, 3.05) is 46.2 Å². The second-order valence-corrected chi connectivity index (χ2v) is 9.79. The van der Waals surface area contributed by atoms with Crippen molar-refractivity contribution in [3.05, 3.63) is 82.7 Å². The van der Waals surface area contributed by atoms with Crippen LogP contribution in [0.4, 0.5) is 10.1 Å². The molecule has 0 fully saturated rings. The van der Waals surface area contributed by atoms with Gasteiger partial charge >= 0.3 is 0 Å². The van der Waals surface area contributed by atoms with Gasteiger partial charge < -0.3 is 24.8 Å². The summed E-state index contributed by atoms with van der Waals surface area (Å²) < 4.78 is 25.5. The molecule has 0 saturated carbocycles. The van der Waals surface area contributed by atoms with E-state index in [1.54, 1.807) is 25.3 Å². The Balaban J connectivity index is 1.35. The fourth-order valence-corrected chi connectivity index (χ4v) is 4.85. The first kappa shape index (κ1) is 25.8. The van der Waals surface area contributed by atoms with Gasteiger partial charge in [-0.3, -0.25) is 0 Å². The molecule has 1 atom stereocenters. The second-order valence-electron chi connectivity index (χ2n) is 9.79. The summed E-state index contributed by atoms with van der Waals surface area (Å²) in [6, 6.07) is 17.2. The zero-order valence-electron chi connectivity index (χ0n) is 21.5. The van der Waals surface area contributed by atoms with Crippen LogP contribution < -0.4 is 14.8 Å². The Bertz CT molecular complexity index is 1160. The maximum Gasteiger partial charge on any atom is 0.165 e. The minimum atomic E-state index is -0.305. The Hall–Kier alpha value is -3.25. The highest BCUT2D eigenvalue weighted by atomic mass is 19.1. The van der Waals surface area contributed by atoms with E-state index in [1.165, 1.54) is 16.7 Å². The van der Waals surface area contributed by atoms with Crippen molar-refractivity contribution in [3.63, 3.8) is 0 Å². The van der Waals surface area contributed by atoms with Gasteiger partial charge in [0.15, 0.2) is 11.6 Å². The molecule has 0 aliphatic heterocycles. The summed E-state index contributed by atoms with van der Waals surface area (Å²) in [4.78, 5) is 2.01. The monoisotopic (exact) mass is 492 g/mol. The van der Waals surface area contributed by atoms with Crippen LogP contribution in [-0.4, -0.2) is 50.9 Å². The summed E-state index contributed by atoms with van der Waals surface area (Å²) in [6.07, 6.45) is 4.62. The number of nitrogens with zero attached hydrogens (tertiary/aromatic N) is 1. The quantitative estimate of drug-likeness (QED) is 0.332. The van der Waals surface area contributed by atoms with Gasteiger partial charge in [0.2, 0.25) is 0 Å². The molecule has 3 aromatic rings. The smallest absolute Gasteiger partial charge is 0.165 e. The highest BCUT2D eigenvalue weighted by molar-refractivity contribution is 5.57. The molecule has 0 bridgehead atoms. The van der Waals surface area contributed by atoms with Gasteiger partial charge in [0.25, 0.3) is 0 Å². The van der Waals surface area contributed by atoms with E-state index < -0.39 is 0 Å². The lowest BCUT2D eigenvalue weighted by molar-refractivity contribution is 0.252. The van der Waals surface area contributed by atoms with Crippen LogP contribution in [0, 0.1) is 5.82 Å². The topological polar surface area (TPSA) is 54.0 Å². The second kappa shape index (κ2) is 12.1. The molecule has 6 heteroatoms. The van der Waals surface area contributed by atoms with E-state index in [0.29, 0.717) is 24.0 Å². The summed E-state index contributed by atoms with van der Waals surface area (Å²) >= 11 is 0. The third-order valence-corrected chi connectivity index (χ3v) is 6.87. The minimum Gasteiger partial charge on any atom is -0.508 e. The third kappa shape index (κ3) is 6.70. The molecule has 2 N–H and O–H groups in total. The van der Waals surface area contributed by atoms with Crippen LogP contribution in [0.15, 0.2) is 54.6 Å². The SMILES string of the molecule is COc1ccc([C@@H]2CCc3cc(O)ccc3C2)c(NCCCc2ccc(OCCN(C)C)c(F)c2)c1. The van der Waals surface area contributed by atoms with Gasteiger partial charge in [-0.15, -0.1) is 0 Å². The standard InChI is InChI=1S/C30H37FN2O3/c1-33(2)15-16-36-30-13-6-21(17-28(30)31)5-4-14-32-29-20-26(35-3)11-12-27(29)24-8-7-23-19-25(34)10-9-22(23)18-24/h6,9-13,17,19-20,24,32,34H,4-5,7-8,14-16,18H2,1-3H3/t24-/m1/s1. The summed E-state index contributed by atoms with van der Waals surface area (Å²) in [5, 5.41) is 13.4. The molecule has 192 valence electrons. The number of phenolic OH excluding ortho intramolecular Hbond substituents is 1. The Morgan fingerprint density at radius 2 is 1.92 bits per heavy atom. The normalized spacial score (nSPS) is 15.0. The Morgan fingerprint density at radius 3 is 2.69 bits per heavy atom. The largest absolute Gasteiger partial charge is 0.508 e. The number of nitrogens with one attached hydrogen (secondary N) is 1. The van der Waals surface area contributed by atoms with Crippen LogP contribution >= 0.6 is 0 Å². The molecule has 0 heterocycles. The minimum absolute atomic E-state index is 0.305. The maximum atomic E-state index is 14.4. The number of rotatable bonds is 11. The number of hydrogen-bond donors (Lipinski definition) is 2. The number of fused-ring (bicyclic) bond motifs is 1. The van der Waals surface area contributed by atoms with Gasteiger partial charge in [-0.1, -0.05) is 18.2 Å². The van der Waals surface area contributed by atoms with E-state index in [0.717, 1.165) is 62.2 Å². The van der Waals surface area contributed by atoms with Crippen LogP contribution in [0.1, 0.15) is 41.0 Å². The number of halogens is 1. The number of anilines is 1. The number of benzene rings is 3. The number of hydrogen-bond acceptors (Lipinski definition) is 5. The van der Waals surface area contributed by atoms with Crippen molar-refractivity contribution >= 4 is 5.69 Å². The van der Waals surface area contributed by atoms with Crippen molar-refractivity contribution in [2.45, 2.75) is 38.0 Å². The van der Waals surface area contributed by atoms with Crippen LogP contribution in [0.3, 0.4) is 0 Å². The lowest BCUT2D eigenvalue weighted by Gasteiger charge is -2.27. The number of methoxy groups -OCH3 is 1. The Morgan fingerprint density at radius 1 is 1.06 bits per heavy atom. The van der Waals surface area contributed by atoms with Crippen LogP contribution in [0.2, 0.25) is 0 Å². The van der Waals surface area contributed by atoms with Crippen molar-refractivity contribution in [1.82, 2.24) is 4.90 Å². The molecular formula is C30H37FN2O3. The lowest BCUT2D eigenvalue weighted by Crippen LogP contribution is -2.19. The maximum absolute atomic E-state index is 14.4. The fourth-order valence-electron chi connectivity index (χ4n) is 4.85. The first-order valence-electron chi connectivity index (χ1n) is 12.7. The molecule has 1 aliphatic rings. The molecule has 0 spiro atoms. The van der Waals surface area contributed by atoms with Crippen molar-refractivity contribution in [1.29, 1.82) is 0 Å². The molecule has 0 aromatic heterocycles. The first-order chi connectivity index (χ1) is 17.4. The number of likely N-dealkylation sites (N-methyl/N-ethyl adjacent to an activating group) is 1. The zero-order chi connectivity index (χ0) is 25.5. The van der Waals surface area contributed by atoms with Gasteiger partial charge in [-0.2, -0.15) is 0 Å². The van der Waals surface area contributed by atoms with Crippen LogP contribution in [0.5, 0.6) is 17.2 Å². The van der Waals surface area contributed by atoms with E-state index in [1.807, 2.05) is 43.3 Å². The summed E-state index contributed by atoms with van der Waals surface area (Å²) in [5.41, 5.74) is 5.90. The first-order valence-corrected chi connectivity index (χ1v) is 12.7. The summed E-state index contributed by atoms with van der Waals surface area (Å²) in [5.74, 6) is 1.58. The highest BCUT2D eigenvalue weighted by Gasteiger charge is 2.23. The lowest BCUT2D eigenvalue weighted by atomic mass is 9.79. The van der Waals surface area contributed by atoms with Crippen molar-refractivity contribution in [3.8, 4) is 17.2 Å². The average molecular weight is 493 g/mol. The molecular weight excluding hydrogens is 455 g/mol. The Kier molecular flexibility index (Phi) is 8.70.